The number of carbonyl (C=O) groups is 1. The van der Waals surface area contributed by atoms with E-state index in [0.29, 0.717) is 27.1 Å². The summed E-state index contributed by atoms with van der Waals surface area (Å²) in [5.74, 6) is 0.957. The highest BCUT2D eigenvalue weighted by molar-refractivity contribution is 7.18. The van der Waals surface area contributed by atoms with Gasteiger partial charge in [-0.3, -0.25) is 4.79 Å². The highest BCUT2D eigenvalue weighted by Gasteiger charge is 2.25. The Bertz CT molecular complexity index is 1060. The van der Waals surface area contributed by atoms with Crippen molar-refractivity contribution in [3.8, 4) is 17.2 Å². The number of aromatic nitrogens is 1. The summed E-state index contributed by atoms with van der Waals surface area (Å²) in [5, 5.41) is 3.79. The molecule has 0 aliphatic carbocycles. The van der Waals surface area contributed by atoms with Crippen LogP contribution >= 0.6 is 11.3 Å². The van der Waals surface area contributed by atoms with E-state index in [9.17, 15) is 4.79 Å². The fourth-order valence-corrected chi connectivity index (χ4v) is 3.79. The van der Waals surface area contributed by atoms with Crippen LogP contribution in [0.3, 0.4) is 0 Å². The van der Waals surface area contributed by atoms with E-state index in [4.69, 9.17) is 19.9 Å². The molecule has 0 saturated carbocycles. The number of anilines is 3. The van der Waals surface area contributed by atoms with Crippen LogP contribution in [0.5, 0.6) is 17.2 Å². The fourth-order valence-electron chi connectivity index (χ4n) is 2.94. The molecule has 0 bridgehead atoms. The van der Waals surface area contributed by atoms with Gasteiger partial charge in [0.15, 0.2) is 16.6 Å². The lowest BCUT2D eigenvalue weighted by atomic mass is 10.1. The Morgan fingerprint density at radius 1 is 1.03 bits per heavy atom. The summed E-state index contributed by atoms with van der Waals surface area (Å²) >= 11 is 1.19. The third-order valence-corrected chi connectivity index (χ3v) is 5.43. The molecule has 7 nitrogen and oxygen atoms in total. The summed E-state index contributed by atoms with van der Waals surface area (Å²) in [6, 6.07) is 9.36. The number of carbonyl (C=O) groups excluding carboxylic acids is 1. The molecule has 0 saturated heterocycles. The minimum absolute atomic E-state index is 0.157. The summed E-state index contributed by atoms with van der Waals surface area (Å²) in [6.07, 6.45) is 0. The number of nitrogens with two attached hydrogens (primary N) is 1. The fraction of sp³-hybridized carbons (Fsp3) is 0.238. The van der Waals surface area contributed by atoms with E-state index in [-0.39, 0.29) is 17.4 Å². The SMILES string of the molecule is COc1ccc(C(=O)c2sc(Nc3cc(C)ccc3C)nc2N)c(OC)c1OC. The molecule has 0 fully saturated rings. The van der Waals surface area contributed by atoms with Gasteiger partial charge in [-0.1, -0.05) is 23.5 Å². The summed E-state index contributed by atoms with van der Waals surface area (Å²) in [5.41, 5.74) is 9.49. The van der Waals surface area contributed by atoms with E-state index in [2.05, 4.69) is 10.3 Å². The molecular weight excluding hydrogens is 390 g/mol. The lowest BCUT2D eigenvalue weighted by Crippen LogP contribution is -2.06. The van der Waals surface area contributed by atoms with Crippen LogP contribution in [0, 0.1) is 13.8 Å². The lowest BCUT2D eigenvalue weighted by molar-refractivity contribution is 0.103. The predicted octanol–water partition coefficient (Wildman–Crippen LogP) is 4.34. The van der Waals surface area contributed by atoms with Crippen molar-refractivity contribution >= 4 is 33.8 Å². The maximum absolute atomic E-state index is 13.2. The number of rotatable bonds is 7. The van der Waals surface area contributed by atoms with Gasteiger partial charge in [0.25, 0.3) is 0 Å². The third kappa shape index (κ3) is 3.97. The number of aryl methyl sites for hydroxylation is 2. The van der Waals surface area contributed by atoms with Crippen LogP contribution in [0.25, 0.3) is 0 Å². The number of nitrogens with one attached hydrogen (secondary N) is 1. The number of ether oxygens (including phenoxy) is 3. The van der Waals surface area contributed by atoms with E-state index >= 15 is 0 Å². The first kappa shape index (κ1) is 20.5. The molecule has 3 aromatic rings. The van der Waals surface area contributed by atoms with Crippen LogP contribution in [0.2, 0.25) is 0 Å². The van der Waals surface area contributed by atoms with Crippen molar-refractivity contribution in [2.45, 2.75) is 13.8 Å². The van der Waals surface area contributed by atoms with Gasteiger partial charge in [0.2, 0.25) is 11.5 Å². The average molecular weight is 413 g/mol. The molecule has 3 N–H and O–H groups in total. The van der Waals surface area contributed by atoms with Gasteiger partial charge < -0.3 is 25.3 Å². The Labute approximate surface area is 173 Å². The van der Waals surface area contributed by atoms with Crippen LogP contribution in [0.15, 0.2) is 30.3 Å². The van der Waals surface area contributed by atoms with Gasteiger partial charge >= 0.3 is 0 Å². The smallest absolute Gasteiger partial charge is 0.210 e. The largest absolute Gasteiger partial charge is 0.493 e. The van der Waals surface area contributed by atoms with E-state index in [1.807, 2.05) is 32.0 Å². The molecule has 0 unspecified atom stereocenters. The van der Waals surface area contributed by atoms with Gasteiger partial charge in [-0.15, -0.1) is 0 Å². The highest BCUT2D eigenvalue weighted by atomic mass is 32.1. The van der Waals surface area contributed by atoms with Crippen LogP contribution in [0.4, 0.5) is 16.6 Å². The topological polar surface area (TPSA) is 95.7 Å². The van der Waals surface area contributed by atoms with Crippen molar-refractivity contribution < 1.29 is 19.0 Å². The molecule has 29 heavy (non-hydrogen) atoms. The van der Waals surface area contributed by atoms with Crippen molar-refractivity contribution in [1.82, 2.24) is 4.98 Å². The first-order valence-corrected chi connectivity index (χ1v) is 9.65. The highest BCUT2D eigenvalue weighted by Crippen LogP contribution is 2.42. The van der Waals surface area contributed by atoms with Crippen LogP contribution in [-0.2, 0) is 0 Å². The second kappa shape index (κ2) is 8.40. The third-order valence-electron chi connectivity index (χ3n) is 4.44. The van der Waals surface area contributed by atoms with Crippen molar-refractivity contribution in [3.05, 3.63) is 51.9 Å². The van der Waals surface area contributed by atoms with Crippen LogP contribution in [0.1, 0.15) is 26.4 Å². The average Bonchev–Trinajstić information content (AvgIpc) is 3.08. The zero-order valence-electron chi connectivity index (χ0n) is 17.0. The molecule has 3 rings (SSSR count). The molecule has 0 atom stereocenters. The molecule has 2 aromatic carbocycles. The van der Waals surface area contributed by atoms with Crippen molar-refractivity contribution in [2.75, 3.05) is 32.4 Å². The number of thiazole rings is 1. The number of ketones is 1. The Hall–Kier alpha value is -3.26. The zero-order valence-corrected chi connectivity index (χ0v) is 17.8. The van der Waals surface area contributed by atoms with E-state index in [1.165, 1.54) is 32.7 Å². The number of hydrogen-bond acceptors (Lipinski definition) is 8. The zero-order chi connectivity index (χ0) is 21.1. The number of hydrogen-bond donors (Lipinski definition) is 2. The van der Waals surface area contributed by atoms with Crippen molar-refractivity contribution in [2.24, 2.45) is 0 Å². The van der Waals surface area contributed by atoms with E-state index < -0.39 is 0 Å². The minimum atomic E-state index is -0.299. The van der Waals surface area contributed by atoms with E-state index in [1.54, 1.807) is 12.1 Å². The maximum atomic E-state index is 13.2. The number of nitrogen functional groups attached to an aromatic ring is 1. The van der Waals surface area contributed by atoms with Gasteiger partial charge in [-0.05, 0) is 43.2 Å². The summed E-state index contributed by atoms with van der Waals surface area (Å²) in [7, 11) is 4.48. The normalized spacial score (nSPS) is 10.5. The molecular formula is C21H23N3O4S. The van der Waals surface area contributed by atoms with Gasteiger partial charge in [-0.25, -0.2) is 4.98 Å². The summed E-state index contributed by atoms with van der Waals surface area (Å²) in [6.45, 7) is 4.01. The first-order chi connectivity index (χ1) is 13.9. The molecule has 1 heterocycles. The standard InChI is InChI=1S/C21H23N3O4S/c1-11-6-7-12(2)14(10-11)23-21-24-20(22)19(29-21)16(25)13-8-9-15(26-3)18(28-5)17(13)27-4/h6-10H,22H2,1-5H3,(H,23,24). The Balaban J connectivity index is 1.98. The van der Waals surface area contributed by atoms with E-state index in [0.717, 1.165) is 16.8 Å². The lowest BCUT2D eigenvalue weighted by Gasteiger charge is -2.14. The quantitative estimate of drug-likeness (QED) is 0.556. The van der Waals surface area contributed by atoms with Crippen LogP contribution < -0.4 is 25.3 Å². The predicted molar refractivity (Wildman–Crippen MR) is 115 cm³/mol. The van der Waals surface area contributed by atoms with Gasteiger partial charge in [0, 0.05) is 5.69 Å². The second-order valence-electron chi connectivity index (χ2n) is 6.39. The van der Waals surface area contributed by atoms with Crippen molar-refractivity contribution in [3.63, 3.8) is 0 Å². The number of nitrogens with zero attached hydrogens (tertiary/aromatic N) is 1. The summed E-state index contributed by atoms with van der Waals surface area (Å²) in [4.78, 5) is 17.8. The number of benzene rings is 2. The van der Waals surface area contributed by atoms with Gasteiger partial charge in [0.1, 0.15) is 10.7 Å². The van der Waals surface area contributed by atoms with Gasteiger partial charge in [0.05, 0.1) is 26.9 Å². The first-order valence-electron chi connectivity index (χ1n) is 8.83. The molecule has 0 amide bonds. The number of methoxy groups -OCH3 is 3. The second-order valence-corrected chi connectivity index (χ2v) is 7.39. The van der Waals surface area contributed by atoms with Crippen LogP contribution in [-0.4, -0.2) is 32.1 Å². The molecule has 0 spiro atoms. The maximum Gasteiger partial charge on any atom is 0.210 e. The Morgan fingerprint density at radius 3 is 2.41 bits per heavy atom. The summed E-state index contributed by atoms with van der Waals surface area (Å²) < 4.78 is 16.1. The molecule has 8 heteroatoms. The molecule has 152 valence electrons. The minimum Gasteiger partial charge on any atom is -0.493 e. The van der Waals surface area contributed by atoms with Crippen molar-refractivity contribution in [1.29, 1.82) is 0 Å². The Morgan fingerprint density at radius 2 is 1.76 bits per heavy atom. The molecule has 0 radical (unpaired) electrons. The monoisotopic (exact) mass is 413 g/mol. The molecule has 0 aliphatic rings. The van der Waals surface area contributed by atoms with Gasteiger partial charge in [-0.2, -0.15) is 0 Å². The molecule has 0 aliphatic heterocycles. The Kier molecular flexibility index (Phi) is 5.93. The molecule has 1 aromatic heterocycles.